The molecule has 0 bridgehead atoms. The zero-order chi connectivity index (χ0) is 9.94. The van der Waals surface area contributed by atoms with Gasteiger partial charge in [0, 0.05) is 0 Å². The molecule has 0 amide bonds. The van der Waals surface area contributed by atoms with E-state index in [1.54, 1.807) is 0 Å². The second kappa shape index (κ2) is 10.2. The Hall–Kier alpha value is 0.150. The van der Waals surface area contributed by atoms with E-state index in [9.17, 15) is 4.57 Å². The Labute approximate surface area is 82.3 Å². The molecule has 0 heterocycles. The summed E-state index contributed by atoms with van der Waals surface area (Å²) in [6.07, 6.45) is 4.86. The van der Waals surface area contributed by atoms with Gasteiger partial charge >= 0.3 is 0 Å². The fourth-order valence-corrected chi connectivity index (χ4v) is 2.56. The molecule has 0 aromatic heterocycles. The lowest BCUT2D eigenvalue weighted by molar-refractivity contribution is 0.582. The van der Waals surface area contributed by atoms with Crippen LogP contribution in [-0.4, -0.2) is 32.0 Å². The first-order chi connectivity index (χ1) is 6.31. The Morgan fingerprint density at radius 1 is 1.23 bits per heavy atom. The summed E-state index contributed by atoms with van der Waals surface area (Å²) >= 11 is 0. The predicted octanol–water partition coefficient (Wildman–Crippen LogP) is 1.28. The summed E-state index contributed by atoms with van der Waals surface area (Å²) in [5, 5.41) is 3.30. The fraction of sp³-hybridized carbons (Fsp3) is 1.00. The third-order valence-corrected chi connectivity index (χ3v) is 3.72. The van der Waals surface area contributed by atoms with Crippen molar-refractivity contribution in [1.29, 1.82) is 0 Å². The highest BCUT2D eigenvalue weighted by molar-refractivity contribution is 7.44. The van der Waals surface area contributed by atoms with Gasteiger partial charge in [0.25, 0.3) is 0 Å². The summed E-state index contributed by atoms with van der Waals surface area (Å²) in [5.74, 6) is 0. The van der Waals surface area contributed by atoms with Crippen molar-refractivity contribution in [2.75, 3.05) is 32.0 Å². The first-order valence-corrected chi connectivity index (χ1v) is 7.06. The molecule has 4 heteroatoms. The highest BCUT2D eigenvalue weighted by Gasteiger charge is 1.97. The third-order valence-electron chi connectivity index (χ3n) is 1.90. The number of nitrogens with two attached hydrogens (primary N) is 1. The minimum Gasteiger partial charge on any atom is -0.330 e. The van der Waals surface area contributed by atoms with Crippen molar-refractivity contribution in [3.8, 4) is 0 Å². The SMILES string of the molecule is CCCNCCC[PH](=O)CCCN. The van der Waals surface area contributed by atoms with Crippen molar-refractivity contribution in [1.82, 2.24) is 5.32 Å². The summed E-state index contributed by atoms with van der Waals surface area (Å²) in [6.45, 7) is 4.90. The molecule has 1 atom stereocenters. The molecule has 13 heavy (non-hydrogen) atoms. The molecule has 0 aliphatic heterocycles. The van der Waals surface area contributed by atoms with E-state index in [0.29, 0.717) is 6.54 Å². The van der Waals surface area contributed by atoms with E-state index in [1.807, 2.05) is 0 Å². The number of hydrogen-bond donors (Lipinski definition) is 2. The molecule has 0 saturated carbocycles. The van der Waals surface area contributed by atoms with Crippen molar-refractivity contribution < 1.29 is 4.57 Å². The Kier molecular flexibility index (Phi) is 10.4. The summed E-state index contributed by atoms with van der Waals surface area (Å²) in [6, 6.07) is 0. The average Bonchev–Trinajstić information content (AvgIpc) is 2.14. The maximum absolute atomic E-state index is 11.3. The Morgan fingerprint density at radius 3 is 2.54 bits per heavy atom. The van der Waals surface area contributed by atoms with E-state index >= 15 is 0 Å². The van der Waals surface area contributed by atoms with Gasteiger partial charge in [-0.15, -0.1) is 0 Å². The van der Waals surface area contributed by atoms with Crippen molar-refractivity contribution >= 4 is 7.80 Å². The lowest BCUT2D eigenvalue weighted by atomic mass is 10.4. The molecule has 3 N–H and O–H groups in total. The molecule has 0 aliphatic rings. The average molecular weight is 206 g/mol. The standard InChI is InChI=1S/C9H23N2OP/c1-2-6-11-7-4-9-13(12)8-3-5-10/h11,13H,2-10H2,1H3. The molecule has 80 valence electrons. The van der Waals surface area contributed by atoms with Gasteiger partial charge in [0.15, 0.2) is 0 Å². The first-order valence-electron chi connectivity index (χ1n) is 5.23. The molecule has 0 fully saturated rings. The van der Waals surface area contributed by atoms with E-state index in [4.69, 9.17) is 5.73 Å². The molecule has 0 spiro atoms. The lowest BCUT2D eigenvalue weighted by Gasteiger charge is -2.02. The van der Waals surface area contributed by atoms with Gasteiger partial charge in [-0.3, -0.25) is 0 Å². The molecule has 1 unspecified atom stereocenters. The van der Waals surface area contributed by atoms with Crippen LogP contribution in [0.2, 0.25) is 0 Å². The Morgan fingerprint density at radius 2 is 1.92 bits per heavy atom. The highest BCUT2D eigenvalue weighted by Crippen LogP contribution is 2.21. The van der Waals surface area contributed by atoms with Crippen LogP contribution in [0.25, 0.3) is 0 Å². The van der Waals surface area contributed by atoms with E-state index in [-0.39, 0.29) is 0 Å². The van der Waals surface area contributed by atoms with Crippen LogP contribution in [0.1, 0.15) is 26.2 Å². The summed E-state index contributed by atoms with van der Waals surface area (Å²) < 4.78 is 11.3. The van der Waals surface area contributed by atoms with Gasteiger partial charge < -0.3 is 15.6 Å². The predicted molar refractivity (Wildman–Crippen MR) is 60.2 cm³/mol. The van der Waals surface area contributed by atoms with E-state index in [2.05, 4.69) is 12.2 Å². The van der Waals surface area contributed by atoms with Crippen LogP contribution in [0.4, 0.5) is 0 Å². The number of hydrogen-bond acceptors (Lipinski definition) is 3. The Bertz CT molecular complexity index is 131. The third kappa shape index (κ3) is 10.1. The van der Waals surface area contributed by atoms with Gasteiger partial charge in [0.1, 0.15) is 0 Å². The monoisotopic (exact) mass is 206 g/mol. The van der Waals surface area contributed by atoms with E-state index < -0.39 is 7.80 Å². The molecule has 3 nitrogen and oxygen atoms in total. The molecule has 0 rings (SSSR count). The van der Waals surface area contributed by atoms with Crippen LogP contribution in [-0.2, 0) is 4.57 Å². The van der Waals surface area contributed by atoms with Crippen molar-refractivity contribution in [2.24, 2.45) is 5.73 Å². The molecule has 0 aromatic rings. The summed E-state index contributed by atoms with van der Waals surface area (Å²) in [5.41, 5.74) is 5.34. The van der Waals surface area contributed by atoms with Crippen LogP contribution in [0.3, 0.4) is 0 Å². The molecular formula is C9H23N2OP. The van der Waals surface area contributed by atoms with Crippen molar-refractivity contribution in [3.63, 3.8) is 0 Å². The second-order valence-corrected chi connectivity index (χ2v) is 5.36. The zero-order valence-corrected chi connectivity index (χ0v) is 9.64. The van der Waals surface area contributed by atoms with Gasteiger partial charge in [-0.2, -0.15) is 0 Å². The van der Waals surface area contributed by atoms with Crippen molar-refractivity contribution in [2.45, 2.75) is 26.2 Å². The van der Waals surface area contributed by atoms with E-state index in [0.717, 1.165) is 38.3 Å². The molecule has 0 aliphatic carbocycles. The van der Waals surface area contributed by atoms with Gasteiger partial charge in [0.2, 0.25) is 0 Å². The highest BCUT2D eigenvalue weighted by atomic mass is 31.1. The summed E-state index contributed by atoms with van der Waals surface area (Å²) in [7, 11) is -1.31. The van der Waals surface area contributed by atoms with Crippen LogP contribution in [0, 0.1) is 0 Å². The van der Waals surface area contributed by atoms with Crippen LogP contribution >= 0.6 is 7.80 Å². The zero-order valence-electron chi connectivity index (χ0n) is 8.64. The number of nitrogens with one attached hydrogen (secondary N) is 1. The van der Waals surface area contributed by atoms with Gasteiger partial charge in [-0.1, -0.05) is 6.92 Å². The van der Waals surface area contributed by atoms with Gasteiger partial charge in [-0.25, -0.2) is 0 Å². The summed E-state index contributed by atoms with van der Waals surface area (Å²) in [4.78, 5) is 0. The fourth-order valence-electron chi connectivity index (χ4n) is 1.14. The maximum atomic E-state index is 11.3. The smallest absolute Gasteiger partial charge is 0.0763 e. The van der Waals surface area contributed by atoms with Crippen molar-refractivity contribution in [3.05, 3.63) is 0 Å². The molecule has 0 saturated heterocycles. The molecule has 0 aromatic carbocycles. The maximum Gasteiger partial charge on any atom is 0.0763 e. The van der Waals surface area contributed by atoms with Crippen LogP contribution in [0.5, 0.6) is 0 Å². The lowest BCUT2D eigenvalue weighted by Crippen LogP contribution is -2.16. The molecular weight excluding hydrogens is 183 g/mol. The van der Waals surface area contributed by atoms with Gasteiger partial charge in [0.05, 0.1) is 7.80 Å². The second-order valence-electron chi connectivity index (χ2n) is 3.28. The molecule has 0 radical (unpaired) electrons. The Balaban J connectivity index is 3.08. The quantitative estimate of drug-likeness (QED) is 0.441. The largest absolute Gasteiger partial charge is 0.330 e. The first kappa shape index (κ1) is 13.2. The topological polar surface area (TPSA) is 55.1 Å². The minimum absolute atomic E-state index is 0.671. The number of rotatable bonds is 9. The van der Waals surface area contributed by atoms with Crippen LogP contribution < -0.4 is 11.1 Å². The van der Waals surface area contributed by atoms with Gasteiger partial charge in [-0.05, 0) is 51.2 Å². The normalized spacial score (nSPS) is 13.1. The van der Waals surface area contributed by atoms with E-state index in [1.165, 1.54) is 6.42 Å². The minimum atomic E-state index is -1.31. The van der Waals surface area contributed by atoms with Crippen LogP contribution in [0.15, 0.2) is 0 Å².